The van der Waals surface area contributed by atoms with Crippen molar-refractivity contribution in [2.75, 3.05) is 6.61 Å². The molecule has 3 unspecified atom stereocenters. The van der Waals surface area contributed by atoms with Gasteiger partial charge in [0.15, 0.2) is 0 Å². The third-order valence-electron chi connectivity index (χ3n) is 7.08. The summed E-state index contributed by atoms with van der Waals surface area (Å²) >= 11 is -0.525. The summed E-state index contributed by atoms with van der Waals surface area (Å²) in [5, 5.41) is 8.99. The Balaban J connectivity index is 6.58. The fourth-order valence-electron chi connectivity index (χ4n) is 3.93. The van der Waals surface area contributed by atoms with Crippen LogP contribution in [0.15, 0.2) is 0 Å². The SMILES string of the molecule is CCCCCCCCOC(=O)CC(SOOO)C(=O)OC(CCC(F)(F)C(F)(F)C(F)(F)C(F)(F)F)C(C)C(F)(F)C(F)(F)C(F)(F)C(F)(F)F. The van der Waals surface area contributed by atoms with Crippen molar-refractivity contribution in [2.45, 2.75) is 131 Å². The molecule has 26 heteroatoms. The second kappa shape index (κ2) is 18.3. The number of carbonyl (C=O) groups is 2. The van der Waals surface area contributed by atoms with Gasteiger partial charge in [-0.05, 0) is 12.8 Å². The normalized spacial score (nSPS) is 16.1. The van der Waals surface area contributed by atoms with E-state index >= 15 is 0 Å². The molecule has 0 heterocycles. The Labute approximate surface area is 280 Å². The second-order valence-corrected chi connectivity index (χ2v) is 11.7. The van der Waals surface area contributed by atoms with E-state index in [1.807, 2.05) is 6.92 Å². The van der Waals surface area contributed by atoms with E-state index in [1.165, 1.54) is 0 Å². The fraction of sp³-hybridized carbons (Fsp3) is 0.920. The zero-order valence-electron chi connectivity index (χ0n) is 25.9. The maximum absolute atomic E-state index is 14.7. The number of hydrogen-bond donors (Lipinski definition) is 1. The average Bonchev–Trinajstić information content (AvgIpc) is 2.98. The van der Waals surface area contributed by atoms with E-state index in [0.29, 0.717) is 12.8 Å². The van der Waals surface area contributed by atoms with E-state index in [2.05, 4.69) is 14.1 Å². The molecule has 0 radical (unpaired) electrons. The van der Waals surface area contributed by atoms with Gasteiger partial charge in [-0.2, -0.15) is 79.0 Å². The Morgan fingerprint density at radius 3 is 1.63 bits per heavy atom. The van der Waals surface area contributed by atoms with Crippen LogP contribution in [0.3, 0.4) is 0 Å². The highest BCUT2D eigenvalue weighted by Crippen LogP contribution is 2.57. The van der Waals surface area contributed by atoms with Gasteiger partial charge in [0.05, 0.1) is 31.0 Å². The van der Waals surface area contributed by atoms with E-state index in [1.54, 1.807) is 0 Å². The molecular formula is C25H30F18O7S. The first-order valence-corrected chi connectivity index (χ1v) is 15.0. The van der Waals surface area contributed by atoms with E-state index in [9.17, 15) is 88.6 Å². The van der Waals surface area contributed by atoms with Gasteiger partial charge in [-0.25, -0.2) is 5.26 Å². The minimum absolute atomic E-state index is 0.228. The first-order chi connectivity index (χ1) is 22.8. The highest BCUT2D eigenvalue weighted by Gasteiger charge is 2.84. The smallest absolute Gasteiger partial charge is 0.460 e. The van der Waals surface area contributed by atoms with E-state index in [-0.39, 0.29) is 13.0 Å². The number of esters is 2. The molecule has 0 aliphatic rings. The maximum Gasteiger partial charge on any atom is 0.460 e. The molecule has 0 amide bonds. The lowest BCUT2D eigenvalue weighted by molar-refractivity contribution is -0.432. The lowest BCUT2D eigenvalue weighted by atomic mass is 9.85. The minimum atomic E-state index is -7.65. The lowest BCUT2D eigenvalue weighted by Crippen LogP contribution is -2.64. The Bertz CT molecular complexity index is 1100. The summed E-state index contributed by atoms with van der Waals surface area (Å²) in [6.45, 7) is 1.09. The summed E-state index contributed by atoms with van der Waals surface area (Å²) in [7, 11) is 0. The number of rotatable bonds is 23. The second-order valence-electron chi connectivity index (χ2n) is 10.8. The van der Waals surface area contributed by atoms with Crippen LogP contribution in [-0.4, -0.2) is 83.0 Å². The monoisotopic (exact) mass is 816 g/mol. The number of ether oxygens (including phenoxy) is 2. The predicted octanol–water partition coefficient (Wildman–Crippen LogP) is 9.98. The molecule has 0 aromatic heterocycles. The molecule has 0 aliphatic carbocycles. The third-order valence-corrected chi connectivity index (χ3v) is 7.81. The van der Waals surface area contributed by atoms with Crippen LogP contribution in [0.2, 0.25) is 0 Å². The molecular weight excluding hydrogens is 786 g/mol. The summed E-state index contributed by atoms with van der Waals surface area (Å²) < 4.78 is 255. The zero-order valence-corrected chi connectivity index (χ0v) is 26.7. The quantitative estimate of drug-likeness (QED) is 0.0272. The molecule has 0 aromatic carbocycles. The number of unbranched alkanes of at least 4 members (excludes halogenated alkanes) is 5. The first-order valence-electron chi connectivity index (χ1n) is 14.2. The Morgan fingerprint density at radius 1 is 0.686 bits per heavy atom. The third kappa shape index (κ3) is 11.7. The summed E-state index contributed by atoms with van der Waals surface area (Å²) in [4.78, 5) is 24.8. The minimum Gasteiger partial charge on any atom is -0.466 e. The van der Waals surface area contributed by atoms with Crippen LogP contribution < -0.4 is 0 Å². The van der Waals surface area contributed by atoms with Gasteiger partial charge in [-0.1, -0.05) is 51.0 Å². The Morgan fingerprint density at radius 2 is 1.16 bits per heavy atom. The van der Waals surface area contributed by atoms with E-state index < -0.39 is 115 Å². The maximum atomic E-state index is 14.7. The highest BCUT2D eigenvalue weighted by molar-refractivity contribution is 7.95. The zero-order chi connectivity index (χ0) is 40.5. The van der Waals surface area contributed by atoms with Gasteiger partial charge in [0.1, 0.15) is 11.4 Å². The van der Waals surface area contributed by atoms with Crippen LogP contribution in [0, 0.1) is 5.92 Å². The van der Waals surface area contributed by atoms with E-state index in [0.717, 1.165) is 19.3 Å². The number of alkyl halides is 18. The van der Waals surface area contributed by atoms with Crippen molar-refractivity contribution >= 4 is 24.0 Å². The molecule has 0 bridgehead atoms. The highest BCUT2D eigenvalue weighted by atomic mass is 32.2. The molecule has 0 fully saturated rings. The largest absolute Gasteiger partial charge is 0.466 e. The van der Waals surface area contributed by atoms with Crippen LogP contribution in [0.5, 0.6) is 0 Å². The standard InChI is InChI=1S/C25H30F18O7S/c1-3-4-5-6-7-8-11-47-16(44)12-15(51-50-49-46)17(45)48-14(9-10-18(26,27)20(30,31)22(34,35)24(38,39)40)13(2)19(28,29)21(32,33)23(36,37)25(41,42)43/h13-15,46H,3-12H2,1-2H3. The van der Waals surface area contributed by atoms with Gasteiger partial charge in [0, 0.05) is 6.42 Å². The molecule has 0 aromatic rings. The Kier molecular flexibility index (Phi) is 17.5. The molecule has 1 N–H and O–H groups in total. The van der Waals surface area contributed by atoms with Gasteiger partial charge < -0.3 is 9.47 Å². The van der Waals surface area contributed by atoms with Crippen LogP contribution in [0.25, 0.3) is 0 Å². The molecule has 0 aliphatic heterocycles. The Hall–Kier alpha value is -2.09. The van der Waals surface area contributed by atoms with Crippen molar-refractivity contribution in [3.63, 3.8) is 0 Å². The van der Waals surface area contributed by atoms with Crippen LogP contribution in [0.4, 0.5) is 79.0 Å². The van der Waals surface area contributed by atoms with Gasteiger partial charge in [0.25, 0.3) is 0 Å². The van der Waals surface area contributed by atoms with Crippen molar-refractivity contribution in [1.82, 2.24) is 0 Å². The molecule has 3 atom stereocenters. The molecule has 51 heavy (non-hydrogen) atoms. The summed E-state index contributed by atoms with van der Waals surface area (Å²) in [6.07, 6.45) is -21.8. The fourth-order valence-corrected chi connectivity index (χ4v) is 4.40. The van der Waals surface area contributed by atoms with Gasteiger partial charge in [0.2, 0.25) is 0 Å². The lowest BCUT2D eigenvalue weighted by Gasteiger charge is -2.39. The number of hydrogen-bond acceptors (Lipinski definition) is 8. The first kappa shape index (κ1) is 48.9. The summed E-state index contributed by atoms with van der Waals surface area (Å²) in [6, 6.07) is 0. The van der Waals surface area contributed by atoms with Crippen molar-refractivity contribution in [3.05, 3.63) is 0 Å². The topological polar surface area (TPSA) is 91.3 Å². The molecule has 304 valence electrons. The van der Waals surface area contributed by atoms with E-state index in [4.69, 9.17) is 9.99 Å². The summed E-state index contributed by atoms with van der Waals surface area (Å²) in [5.41, 5.74) is 0. The average molecular weight is 817 g/mol. The number of halogens is 18. The molecule has 0 rings (SSSR count). The molecule has 0 saturated heterocycles. The van der Waals surface area contributed by atoms with Crippen molar-refractivity contribution in [3.8, 4) is 0 Å². The van der Waals surface area contributed by atoms with Crippen molar-refractivity contribution in [2.24, 2.45) is 5.92 Å². The summed E-state index contributed by atoms with van der Waals surface area (Å²) in [5.74, 6) is -51.6. The van der Waals surface area contributed by atoms with Gasteiger partial charge >= 0.3 is 59.8 Å². The van der Waals surface area contributed by atoms with Gasteiger partial charge in [-0.3, -0.25) is 9.59 Å². The molecule has 0 saturated carbocycles. The van der Waals surface area contributed by atoms with Gasteiger partial charge in [-0.15, -0.1) is 4.33 Å². The van der Waals surface area contributed by atoms with Crippen LogP contribution >= 0.6 is 12.0 Å². The predicted molar refractivity (Wildman–Crippen MR) is 135 cm³/mol. The van der Waals surface area contributed by atoms with Crippen LogP contribution in [-0.2, 0) is 28.4 Å². The molecule has 0 spiro atoms. The van der Waals surface area contributed by atoms with Crippen molar-refractivity contribution in [1.29, 1.82) is 0 Å². The van der Waals surface area contributed by atoms with Crippen LogP contribution in [0.1, 0.15) is 71.6 Å². The number of carbonyl (C=O) groups excluding carboxylic acids is 2. The molecule has 7 nitrogen and oxygen atoms in total. The van der Waals surface area contributed by atoms with Crippen molar-refractivity contribution < 1.29 is 113 Å².